The molecule has 23 heavy (non-hydrogen) atoms. The first kappa shape index (κ1) is 17.8. The van der Waals surface area contributed by atoms with Crippen molar-refractivity contribution in [1.29, 1.82) is 0 Å². The van der Waals surface area contributed by atoms with Gasteiger partial charge in [0.25, 0.3) is 0 Å². The molecule has 2 rings (SSSR count). The summed E-state index contributed by atoms with van der Waals surface area (Å²) in [5.74, 6) is 0. The Labute approximate surface area is 145 Å². The van der Waals surface area contributed by atoms with E-state index < -0.39 is 60.0 Å². The quantitative estimate of drug-likeness (QED) is 0.262. The Morgan fingerprint density at radius 3 is 2.04 bits per heavy atom. The summed E-state index contributed by atoms with van der Waals surface area (Å²) in [7, 11) is 0. The standard InChI is InChI=1S/C12H8I2N2O7/c17-14(18,10-6-2-4-8-12(10)16(21)22)23-13-9-5-1-3-7-11(9)15(19)20/h1-8H. The van der Waals surface area contributed by atoms with Gasteiger partial charge in [0, 0.05) is 0 Å². The SMILES string of the molecule is O=[N+]([O-])c1ccccc1[I+]OI(=O)([O-])c1ccccc1[N+](=O)[O-]. The molecule has 0 spiro atoms. The molecule has 11 heteroatoms. The summed E-state index contributed by atoms with van der Waals surface area (Å²) in [5, 5.41) is 21.8. The molecular formula is C12H8I2N2O7. The van der Waals surface area contributed by atoms with Crippen LogP contribution in [-0.2, 0) is 4.46 Å². The number of nitrogens with zero attached hydrogens (tertiary/aromatic N) is 2. The third kappa shape index (κ3) is 4.24. The molecule has 0 aliphatic carbocycles. The van der Waals surface area contributed by atoms with Crippen LogP contribution in [0.1, 0.15) is 0 Å². The van der Waals surface area contributed by atoms with Crippen molar-refractivity contribution in [3.05, 3.63) is 75.9 Å². The number of rotatable bonds is 6. The van der Waals surface area contributed by atoms with E-state index in [1.54, 1.807) is 0 Å². The second-order valence-electron chi connectivity index (χ2n) is 3.97. The fraction of sp³-hybridized carbons (Fsp3) is 0. The van der Waals surface area contributed by atoms with Crippen molar-refractivity contribution in [3.63, 3.8) is 0 Å². The Kier molecular flexibility index (Phi) is 5.66. The van der Waals surface area contributed by atoms with E-state index in [1.165, 1.54) is 36.4 Å². The number of para-hydroxylation sites is 2. The average molecular weight is 546 g/mol. The van der Waals surface area contributed by atoms with Crippen LogP contribution in [0.5, 0.6) is 0 Å². The summed E-state index contributed by atoms with van der Waals surface area (Å²) in [4.78, 5) is 20.4. The van der Waals surface area contributed by atoms with Gasteiger partial charge in [0.15, 0.2) is 0 Å². The van der Waals surface area contributed by atoms with Crippen LogP contribution in [0.15, 0.2) is 48.5 Å². The summed E-state index contributed by atoms with van der Waals surface area (Å²) in [6, 6.07) is 10.5. The third-order valence-corrected chi connectivity index (χ3v) is 10.9. The van der Waals surface area contributed by atoms with E-state index in [9.17, 15) is 26.7 Å². The summed E-state index contributed by atoms with van der Waals surface area (Å²) in [6.07, 6.45) is 0. The molecule has 0 heterocycles. The molecule has 2 aromatic rings. The van der Waals surface area contributed by atoms with E-state index in [4.69, 9.17) is 1.40 Å². The minimum absolute atomic E-state index is 0.176. The van der Waals surface area contributed by atoms with Crippen molar-refractivity contribution in [2.75, 3.05) is 0 Å². The molecule has 1 unspecified atom stereocenters. The third-order valence-electron chi connectivity index (χ3n) is 2.54. The van der Waals surface area contributed by atoms with Crippen LogP contribution in [0.2, 0.25) is 0 Å². The zero-order valence-electron chi connectivity index (χ0n) is 11.1. The van der Waals surface area contributed by atoms with Gasteiger partial charge < -0.3 is 0 Å². The first-order valence-electron chi connectivity index (χ1n) is 5.83. The molecule has 2 aromatic carbocycles. The van der Waals surface area contributed by atoms with Gasteiger partial charge in [0.05, 0.1) is 0 Å². The summed E-state index contributed by atoms with van der Waals surface area (Å²) < 4.78 is 29.1. The number of benzene rings is 2. The Bertz CT molecular complexity index is 812. The fourth-order valence-corrected chi connectivity index (χ4v) is 8.67. The van der Waals surface area contributed by atoms with Gasteiger partial charge in [-0.05, 0) is 0 Å². The molecule has 0 N–H and O–H groups in total. The number of nitro groups is 2. The molecule has 0 fully saturated rings. The van der Waals surface area contributed by atoms with Crippen molar-refractivity contribution >= 4 is 30.6 Å². The van der Waals surface area contributed by atoms with Gasteiger partial charge in [0.2, 0.25) is 0 Å². The molecule has 0 aliphatic heterocycles. The van der Waals surface area contributed by atoms with Crippen LogP contribution in [0.4, 0.5) is 11.4 Å². The predicted molar refractivity (Wildman–Crippen MR) is 79.4 cm³/mol. The molecule has 1 atom stereocenters. The van der Waals surface area contributed by atoms with Gasteiger partial charge in [-0.15, -0.1) is 0 Å². The van der Waals surface area contributed by atoms with E-state index >= 15 is 0 Å². The Morgan fingerprint density at radius 2 is 1.43 bits per heavy atom. The normalized spacial score (nSPS) is 14.7. The predicted octanol–water partition coefficient (Wildman–Crippen LogP) is -0.859. The molecule has 0 saturated carbocycles. The van der Waals surface area contributed by atoms with Gasteiger partial charge in [-0.3, -0.25) is 0 Å². The number of hydrogen-bond acceptors (Lipinski definition) is 7. The van der Waals surface area contributed by atoms with Gasteiger partial charge in [-0.2, -0.15) is 0 Å². The Morgan fingerprint density at radius 1 is 0.913 bits per heavy atom. The molecule has 0 aromatic heterocycles. The summed E-state index contributed by atoms with van der Waals surface area (Å²) >= 11 is -7.21. The van der Waals surface area contributed by atoms with Crippen LogP contribution in [0.3, 0.4) is 0 Å². The van der Waals surface area contributed by atoms with Gasteiger partial charge >= 0.3 is 146 Å². The first-order valence-corrected chi connectivity index (χ1v) is 11.5. The fourth-order valence-electron chi connectivity index (χ4n) is 1.56. The second-order valence-corrected chi connectivity index (χ2v) is 11.7. The molecule has 0 bridgehead atoms. The van der Waals surface area contributed by atoms with Gasteiger partial charge in [0.1, 0.15) is 0 Å². The van der Waals surface area contributed by atoms with Crippen molar-refractivity contribution < 1.29 is 39.4 Å². The van der Waals surface area contributed by atoms with Crippen molar-refractivity contribution in [1.82, 2.24) is 0 Å². The van der Waals surface area contributed by atoms with Crippen LogP contribution >= 0.6 is 19.3 Å². The maximum atomic E-state index is 12.2. The van der Waals surface area contributed by atoms with E-state index in [-0.39, 0.29) is 9.26 Å². The second kappa shape index (κ2) is 7.33. The van der Waals surface area contributed by atoms with Crippen LogP contribution in [0.25, 0.3) is 0 Å². The van der Waals surface area contributed by atoms with Gasteiger partial charge in [-0.1, -0.05) is 0 Å². The van der Waals surface area contributed by atoms with Crippen LogP contribution in [0, 0.1) is 27.4 Å². The van der Waals surface area contributed by atoms with Crippen molar-refractivity contribution in [2.24, 2.45) is 0 Å². The number of nitro benzene ring substituents is 2. The van der Waals surface area contributed by atoms with Crippen LogP contribution < -0.4 is 25.1 Å². The van der Waals surface area contributed by atoms with Crippen molar-refractivity contribution in [3.8, 4) is 0 Å². The minimum atomic E-state index is -5.52. The molecule has 0 radical (unpaired) electrons. The van der Waals surface area contributed by atoms with Crippen LogP contribution in [-0.4, -0.2) is 9.85 Å². The molecule has 122 valence electrons. The number of hydrogen-bond donors (Lipinski definition) is 0. The number of halogens is 2. The average Bonchev–Trinajstić information content (AvgIpc) is 2.53. The monoisotopic (exact) mass is 546 g/mol. The molecule has 0 saturated heterocycles. The van der Waals surface area contributed by atoms with E-state index in [1.807, 2.05) is 0 Å². The van der Waals surface area contributed by atoms with Crippen molar-refractivity contribution in [2.45, 2.75) is 0 Å². The Balaban J connectivity index is 2.29. The van der Waals surface area contributed by atoms with E-state index in [0.717, 1.165) is 12.1 Å². The molecule has 0 aliphatic rings. The maximum absolute atomic E-state index is 12.2. The zero-order valence-corrected chi connectivity index (χ0v) is 15.4. The molecule has 9 nitrogen and oxygen atoms in total. The summed E-state index contributed by atoms with van der Waals surface area (Å²) in [6.45, 7) is 0. The molecule has 0 amide bonds. The molecular weight excluding hydrogens is 538 g/mol. The topological polar surface area (TPSA) is 136 Å². The van der Waals surface area contributed by atoms with E-state index in [0.29, 0.717) is 0 Å². The zero-order chi connectivity index (χ0) is 17.0. The Hall–Kier alpha value is -1.58. The van der Waals surface area contributed by atoms with E-state index in [2.05, 4.69) is 0 Å². The van der Waals surface area contributed by atoms with Gasteiger partial charge in [-0.25, -0.2) is 0 Å². The first-order chi connectivity index (χ1) is 10.8. The summed E-state index contributed by atoms with van der Waals surface area (Å²) in [5.41, 5.74) is -0.805.